The van der Waals surface area contributed by atoms with Crippen molar-refractivity contribution < 1.29 is 4.74 Å². The van der Waals surface area contributed by atoms with Crippen LogP contribution in [0.2, 0.25) is 0 Å². The average Bonchev–Trinajstić information content (AvgIpc) is 3.05. The molecule has 2 fully saturated rings. The van der Waals surface area contributed by atoms with Gasteiger partial charge in [-0.25, -0.2) is 0 Å². The summed E-state index contributed by atoms with van der Waals surface area (Å²) in [4.78, 5) is 0. The van der Waals surface area contributed by atoms with Crippen LogP contribution in [-0.2, 0) is 4.74 Å². The standard InChI is InChI=1S/C14H20N2O/c1-9-2-5-11(8-12(9)15)16-13-6-7-17-14(13)10-3-4-10/h2,5,8,10,13-14,16H,3-4,6-7,15H2,1H3. The van der Waals surface area contributed by atoms with E-state index in [9.17, 15) is 0 Å². The van der Waals surface area contributed by atoms with Crippen LogP contribution >= 0.6 is 0 Å². The van der Waals surface area contributed by atoms with E-state index in [2.05, 4.69) is 17.4 Å². The second kappa shape index (κ2) is 4.22. The molecule has 1 aromatic rings. The zero-order chi connectivity index (χ0) is 11.8. The molecular weight excluding hydrogens is 212 g/mol. The lowest BCUT2D eigenvalue weighted by Gasteiger charge is -2.21. The molecule has 3 nitrogen and oxygen atoms in total. The second-order valence-electron chi connectivity index (χ2n) is 5.28. The molecule has 92 valence electrons. The van der Waals surface area contributed by atoms with Crippen LogP contribution in [0.1, 0.15) is 24.8 Å². The molecule has 0 aromatic heterocycles. The van der Waals surface area contributed by atoms with Crippen molar-refractivity contribution in [2.24, 2.45) is 5.92 Å². The number of nitrogens with one attached hydrogen (secondary N) is 1. The molecule has 1 aliphatic carbocycles. The molecule has 3 rings (SSSR count). The Labute approximate surface area is 102 Å². The van der Waals surface area contributed by atoms with E-state index in [1.807, 2.05) is 13.0 Å². The van der Waals surface area contributed by atoms with Gasteiger partial charge in [-0.2, -0.15) is 0 Å². The van der Waals surface area contributed by atoms with Crippen molar-refractivity contribution in [3.8, 4) is 0 Å². The zero-order valence-electron chi connectivity index (χ0n) is 10.3. The Hall–Kier alpha value is -1.22. The average molecular weight is 232 g/mol. The van der Waals surface area contributed by atoms with E-state index in [-0.39, 0.29) is 0 Å². The number of anilines is 2. The number of ether oxygens (including phenoxy) is 1. The van der Waals surface area contributed by atoms with Gasteiger partial charge in [0.2, 0.25) is 0 Å². The van der Waals surface area contributed by atoms with Crippen molar-refractivity contribution in [3.05, 3.63) is 23.8 Å². The summed E-state index contributed by atoms with van der Waals surface area (Å²) in [5, 5.41) is 3.58. The number of rotatable bonds is 3. The van der Waals surface area contributed by atoms with Crippen LogP contribution in [0.15, 0.2) is 18.2 Å². The minimum absolute atomic E-state index is 0.414. The third-order valence-corrected chi connectivity index (χ3v) is 3.85. The fraction of sp³-hybridized carbons (Fsp3) is 0.571. The smallest absolute Gasteiger partial charge is 0.0804 e. The maximum atomic E-state index is 5.93. The third-order valence-electron chi connectivity index (χ3n) is 3.85. The van der Waals surface area contributed by atoms with Gasteiger partial charge in [0, 0.05) is 18.0 Å². The van der Waals surface area contributed by atoms with Crippen LogP contribution in [0.25, 0.3) is 0 Å². The zero-order valence-corrected chi connectivity index (χ0v) is 10.3. The van der Waals surface area contributed by atoms with E-state index in [0.29, 0.717) is 12.1 Å². The first-order valence-corrected chi connectivity index (χ1v) is 6.48. The Morgan fingerprint density at radius 2 is 2.12 bits per heavy atom. The van der Waals surface area contributed by atoms with Crippen molar-refractivity contribution >= 4 is 11.4 Å². The monoisotopic (exact) mass is 232 g/mol. The van der Waals surface area contributed by atoms with Crippen molar-refractivity contribution in [3.63, 3.8) is 0 Å². The molecular formula is C14H20N2O. The number of nitrogens with two attached hydrogens (primary N) is 1. The molecule has 3 heteroatoms. The number of hydrogen-bond donors (Lipinski definition) is 2. The molecule has 1 saturated heterocycles. The minimum Gasteiger partial charge on any atom is -0.398 e. The Morgan fingerprint density at radius 3 is 2.82 bits per heavy atom. The highest BCUT2D eigenvalue weighted by Crippen LogP contribution is 2.39. The van der Waals surface area contributed by atoms with E-state index in [1.54, 1.807) is 0 Å². The SMILES string of the molecule is Cc1ccc(NC2CCOC2C2CC2)cc1N. The molecule has 3 N–H and O–H groups in total. The minimum atomic E-state index is 0.414. The molecule has 0 bridgehead atoms. The quantitative estimate of drug-likeness (QED) is 0.787. The van der Waals surface area contributed by atoms with Gasteiger partial charge in [0.15, 0.2) is 0 Å². The summed E-state index contributed by atoms with van der Waals surface area (Å²) in [5.41, 5.74) is 9.04. The number of nitrogen functional groups attached to an aromatic ring is 1. The Kier molecular flexibility index (Phi) is 2.71. The fourth-order valence-corrected chi connectivity index (χ4v) is 2.60. The van der Waals surface area contributed by atoms with Gasteiger partial charge in [0.1, 0.15) is 0 Å². The summed E-state index contributed by atoms with van der Waals surface area (Å²) in [6, 6.07) is 6.66. The molecule has 2 unspecified atom stereocenters. The molecule has 0 spiro atoms. The first-order valence-electron chi connectivity index (χ1n) is 6.48. The third kappa shape index (κ3) is 2.25. The van der Waals surface area contributed by atoms with Crippen LogP contribution in [0.3, 0.4) is 0 Å². The Balaban J connectivity index is 1.70. The molecule has 0 radical (unpaired) electrons. The van der Waals surface area contributed by atoms with Crippen molar-refractivity contribution in [1.82, 2.24) is 0 Å². The fourth-order valence-electron chi connectivity index (χ4n) is 2.60. The number of hydrogen-bond acceptors (Lipinski definition) is 3. The van der Waals surface area contributed by atoms with Crippen LogP contribution in [0.4, 0.5) is 11.4 Å². The highest BCUT2D eigenvalue weighted by atomic mass is 16.5. The topological polar surface area (TPSA) is 47.3 Å². The van der Waals surface area contributed by atoms with Crippen molar-refractivity contribution in [1.29, 1.82) is 0 Å². The lowest BCUT2D eigenvalue weighted by atomic mass is 10.1. The summed E-state index contributed by atoms with van der Waals surface area (Å²) in [5.74, 6) is 0.790. The van der Waals surface area contributed by atoms with Crippen molar-refractivity contribution in [2.75, 3.05) is 17.7 Å². The van der Waals surface area contributed by atoms with Gasteiger partial charge in [-0.15, -0.1) is 0 Å². The van der Waals surface area contributed by atoms with Crippen LogP contribution in [0, 0.1) is 12.8 Å². The van der Waals surface area contributed by atoms with E-state index >= 15 is 0 Å². The van der Waals surface area contributed by atoms with Gasteiger partial charge >= 0.3 is 0 Å². The maximum absolute atomic E-state index is 5.93. The molecule has 17 heavy (non-hydrogen) atoms. The van der Waals surface area contributed by atoms with Crippen LogP contribution in [-0.4, -0.2) is 18.8 Å². The lowest BCUT2D eigenvalue weighted by Crippen LogP contribution is -2.30. The summed E-state index contributed by atoms with van der Waals surface area (Å²) in [6.07, 6.45) is 4.18. The predicted molar refractivity (Wildman–Crippen MR) is 70.1 cm³/mol. The van der Waals surface area contributed by atoms with Crippen molar-refractivity contribution in [2.45, 2.75) is 38.3 Å². The lowest BCUT2D eigenvalue weighted by molar-refractivity contribution is 0.0898. The van der Waals surface area contributed by atoms with Crippen LogP contribution < -0.4 is 11.1 Å². The van der Waals surface area contributed by atoms with Gasteiger partial charge in [0.05, 0.1) is 12.1 Å². The van der Waals surface area contributed by atoms with Gasteiger partial charge in [0.25, 0.3) is 0 Å². The maximum Gasteiger partial charge on any atom is 0.0804 e. The summed E-state index contributed by atoms with van der Waals surface area (Å²) in [6.45, 7) is 2.92. The highest BCUT2D eigenvalue weighted by Gasteiger charge is 2.40. The molecule has 1 aliphatic heterocycles. The highest BCUT2D eigenvalue weighted by molar-refractivity contribution is 5.58. The normalized spacial score (nSPS) is 28.3. The molecule has 2 aliphatic rings. The Bertz CT molecular complexity index is 415. The van der Waals surface area contributed by atoms with Gasteiger partial charge in [-0.3, -0.25) is 0 Å². The largest absolute Gasteiger partial charge is 0.398 e. The molecule has 1 aromatic carbocycles. The second-order valence-corrected chi connectivity index (χ2v) is 5.28. The van der Waals surface area contributed by atoms with Gasteiger partial charge in [-0.1, -0.05) is 6.07 Å². The first-order chi connectivity index (χ1) is 8.24. The van der Waals surface area contributed by atoms with Crippen LogP contribution in [0.5, 0.6) is 0 Å². The summed E-state index contributed by atoms with van der Waals surface area (Å²) >= 11 is 0. The van der Waals surface area contributed by atoms with Gasteiger partial charge < -0.3 is 15.8 Å². The van der Waals surface area contributed by atoms with Gasteiger partial charge in [-0.05, 0) is 49.8 Å². The number of aryl methyl sites for hydroxylation is 1. The van der Waals surface area contributed by atoms with E-state index in [0.717, 1.165) is 35.9 Å². The molecule has 1 heterocycles. The summed E-state index contributed by atoms with van der Waals surface area (Å²) in [7, 11) is 0. The molecule has 0 amide bonds. The first kappa shape index (κ1) is 10.9. The molecule has 2 atom stereocenters. The van der Waals surface area contributed by atoms with E-state index < -0.39 is 0 Å². The van der Waals surface area contributed by atoms with E-state index in [4.69, 9.17) is 10.5 Å². The summed E-state index contributed by atoms with van der Waals surface area (Å²) < 4.78 is 5.82. The number of benzene rings is 1. The Morgan fingerprint density at radius 1 is 1.29 bits per heavy atom. The van der Waals surface area contributed by atoms with E-state index in [1.165, 1.54) is 12.8 Å². The molecule has 1 saturated carbocycles. The predicted octanol–water partition coefficient (Wildman–Crippen LogP) is 2.56.